The van der Waals surface area contributed by atoms with E-state index in [9.17, 15) is 9.59 Å². The number of fused-ring (bicyclic) bond motifs is 1. The van der Waals surface area contributed by atoms with Crippen molar-refractivity contribution in [1.82, 2.24) is 9.80 Å². The molecule has 0 radical (unpaired) electrons. The van der Waals surface area contributed by atoms with Crippen LogP contribution in [-0.2, 0) is 22.4 Å². The third-order valence-electron chi connectivity index (χ3n) is 6.32. The lowest BCUT2D eigenvalue weighted by atomic mass is 10.00. The molecular weight excluding hydrogens is 480 g/mol. The predicted octanol–water partition coefficient (Wildman–Crippen LogP) is 5.70. The molecule has 0 aliphatic carbocycles. The number of thiophene rings is 1. The molecule has 1 aromatic heterocycles. The van der Waals surface area contributed by atoms with Gasteiger partial charge in [-0.3, -0.25) is 9.59 Å². The Balaban J connectivity index is 1.48. The van der Waals surface area contributed by atoms with Crippen LogP contribution in [0.25, 0.3) is 0 Å². The van der Waals surface area contributed by atoms with Crippen molar-refractivity contribution in [3.05, 3.63) is 86.6 Å². The van der Waals surface area contributed by atoms with Gasteiger partial charge in [0.25, 0.3) is 0 Å². The summed E-state index contributed by atoms with van der Waals surface area (Å²) in [7, 11) is 0. The van der Waals surface area contributed by atoms with E-state index in [2.05, 4.69) is 11.4 Å². The summed E-state index contributed by atoms with van der Waals surface area (Å²) in [5.74, 6) is 0.661. The second kappa shape index (κ2) is 11.7. The van der Waals surface area contributed by atoms with Gasteiger partial charge in [0.15, 0.2) is 0 Å². The number of benzene rings is 2. The van der Waals surface area contributed by atoms with Crippen molar-refractivity contribution < 1.29 is 14.3 Å². The van der Waals surface area contributed by atoms with Crippen molar-refractivity contribution in [3.63, 3.8) is 0 Å². The Morgan fingerprint density at radius 1 is 1.17 bits per heavy atom. The predicted molar refractivity (Wildman–Crippen MR) is 141 cm³/mol. The minimum atomic E-state index is -0.193. The number of rotatable bonds is 9. The van der Waals surface area contributed by atoms with Crippen molar-refractivity contribution >= 4 is 34.8 Å². The SMILES string of the molecule is CCCN(CC(=O)N1CCc2sccc2[C@@H]1COc1ccc(Cl)c(C)c1)C(=O)Cc1ccccc1. The monoisotopic (exact) mass is 510 g/mol. The smallest absolute Gasteiger partial charge is 0.242 e. The molecule has 3 aromatic rings. The number of amides is 2. The molecule has 5 nitrogen and oxygen atoms in total. The Bertz CT molecular complexity index is 1160. The molecule has 0 N–H and O–H groups in total. The number of carbonyl (C=O) groups is 2. The van der Waals surface area contributed by atoms with Crippen LogP contribution < -0.4 is 4.74 Å². The summed E-state index contributed by atoms with van der Waals surface area (Å²) in [5.41, 5.74) is 3.04. The summed E-state index contributed by atoms with van der Waals surface area (Å²) in [4.78, 5) is 31.5. The lowest BCUT2D eigenvalue weighted by Gasteiger charge is -2.37. The molecule has 0 unspecified atom stereocenters. The van der Waals surface area contributed by atoms with Gasteiger partial charge in [0.2, 0.25) is 11.8 Å². The molecule has 0 bridgehead atoms. The molecule has 4 rings (SSSR count). The van der Waals surface area contributed by atoms with E-state index in [4.69, 9.17) is 16.3 Å². The number of halogens is 1. The molecule has 1 aliphatic rings. The van der Waals surface area contributed by atoms with Gasteiger partial charge in [-0.2, -0.15) is 0 Å². The fraction of sp³-hybridized carbons (Fsp3) is 0.357. The van der Waals surface area contributed by atoms with E-state index < -0.39 is 0 Å². The van der Waals surface area contributed by atoms with Crippen molar-refractivity contribution in [2.75, 3.05) is 26.2 Å². The molecule has 0 saturated carbocycles. The van der Waals surface area contributed by atoms with E-state index >= 15 is 0 Å². The fourth-order valence-corrected chi connectivity index (χ4v) is 5.50. The van der Waals surface area contributed by atoms with Crippen LogP contribution in [0.15, 0.2) is 60.0 Å². The van der Waals surface area contributed by atoms with Gasteiger partial charge >= 0.3 is 0 Å². The molecular formula is C28H31ClN2O3S. The Morgan fingerprint density at radius 2 is 1.97 bits per heavy atom. The number of ether oxygens (including phenoxy) is 1. The van der Waals surface area contributed by atoms with Crippen LogP contribution in [0.1, 0.15) is 41.0 Å². The molecule has 1 atom stereocenters. The van der Waals surface area contributed by atoms with Gasteiger partial charge in [0.1, 0.15) is 12.4 Å². The molecule has 2 heterocycles. The number of hydrogen-bond acceptors (Lipinski definition) is 4. The van der Waals surface area contributed by atoms with E-state index in [0.29, 0.717) is 31.1 Å². The molecule has 184 valence electrons. The number of hydrogen-bond donors (Lipinski definition) is 0. The van der Waals surface area contributed by atoms with E-state index in [1.807, 2.05) is 67.3 Å². The molecule has 7 heteroatoms. The van der Waals surface area contributed by atoms with Crippen LogP contribution in [0, 0.1) is 6.92 Å². The van der Waals surface area contributed by atoms with Crippen LogP contribution >= 0.6 is 22.9 Å². The minimum Gasteiger partial charge on any atom is -0.491 e. The standard InChI is InChI=1S/C28H31ClN2O3S/c1-3-13-30(27(32)17-21-7-5-4-6-8-21)18-28(33)31-14-11-26-23(12-15-35-26)25(31)19-34-22-9-10-24(29)20(2)16-22/h4-10,12,15-16,25H,3,11,13-14,17-19H2,1-2H3/t25-/m0/s1. The highest BCUT2D eigenvalue weighted by atomic mass is 35.5. The zero-order valence-corrected chi connectivity index (χ0v) is 21.8. The van der Waals surface area contributed by atoms with Crippen molar-refractivity contribution in [1.29, 1.82) is 0 Å². The summed E-state index contributed by atoms with van der Waals surface area (Å²) >= 11 is 7.88. The normalized spacial score (nSPS) is 14.9. The van der Waals surface area contributed by atoms with Gasteiger partial charge in [-0.15, -0.1) is 11.3 Å². The van der Waals surface area contributed by atoms with Gasteiger partial charge < -0.3 is 14.5 Å². The third-order valence-corrected chi connectivity index (χ3v) is 7.74. The van der Waals surface area contributed by atoms with E-state index in [-0.39, 0.29) is 24.4 Å². The summed E-state index contributed by atoms with van der Waals surface area (Å²) in [5, 5.41) is 2.77. The van der Waals surface area contributed by atoms with Crippen LogP contribution in [0.4, 0.5) is 0 Å². The Labute approximate surface area is 216 Å². The molecule has 0 spiro atoms. The van der Waals surface area contributed by atoms with Gasteiger partial charge in [-0.05, 0) is 66.1 Å². The van der Waals surface area contributed by atoms with E-state index in [1.54, 1.807) is 16.2 Å². The van der Waals surface area contributed by atoms with Crippen LogP contribution in [-0.4, -0.2) is 47.9 Å². The molecule has 2 amide bonds. The van der Waals surface area contributed by atoms with Crippen LogP contribution in [0.5, 0.6) is 5.75 Å². The summed E-state index contributed by atoms with van der Waals surface area (Å²) in [6, 6.07) is 17.2. The van der Waals surface area contributed by atoms with Crippen LogP contribution in [0.3, 0.4) is 0 Å². The zero-order valence-electron chi connectivity index (χ0n) is 20.2. The highest BCUT2D eigenvalue weighted by Gasteiger charge is 2.33. The largest absolute Gasteiger partial charge is 0.491 e. The van der Waals surface area contributed by atoms with Crippen molar-refractivity contribution in [3.8, 4) is 5.75 Å². The number of nitrogens with zero attached hydrogens (tertiary/aromatic N) is 2. The Hall–Kier alpha value is -2.83. The molecule has 0 fully saturated rings. The lowest BCUT2D eigenvalue weighted by Crippen LogP contribution is -2.48. The fourth-order valence-electron chi connectivity index (χ4n) is 4.45. The zero-order chi connectivity index (χ0) is 24.8. The lowest BCUT2D eigenvalue weighted by molar-refractivity contribution is -0.142. The second-order valence-electron chi connectivity index (χ2n) is 8.85. The average molecular weight is 511 g/mol. The molecule has 1 aliphatic heterocycles. The second-order valence-corrected chi connectivity index (χ2v) is 10.3. The van der Waals surface area contributed by atoms with Crippen LogP contribution in [0.2, 0.25) is 5.02 Å². The maximum absolute atomic E-state index is 13.6. The Morgan fingerprint density at radius 3 is 2.71 bits per heavy atom. The topological polar surface area (TPSA) is 49.9 Å². The molecule has 35 heavy (non-hydrogen) atoms. The molecule has 2 aromatic carbocycles. The van der Waals surface area contributed by atoms with Gasteiger partial charge in [0, 0.05) is 23.0 Å². The van der Waals surface area contributed by atoms with Crippen molar-refractivity contribution in [2.45, 2.75) is 39.2 Å². The number of aryl methyl sites for hydroxylation is 1. The summed E-state index contributed by atoms with van der Waals surface area (Å²) < 4.78 is 6.14. The summed E-state index contributed by atoms with van der Waals surface area (Å²) in [6.45, 7) is 5.57. The van der Waals surface area contributed by atoms with Gasteiger partial charge in [-0.1, -0.05) is 48.9 Å². The first-order valence-electron chi connectivity index (χ1n) is 12.0. The number of carbonyl (C=O) groups excluding carboxylic acids is 2. The average Bonchev–Trinajstić information content (AvgIpc) is 3.34. The van der Waals surface area contributed by atoms with Crippen molar-refractivity contribution in [2.24, 2.45) is 0 Å². The Kier molecular flexibility index (Phi) is 8.47. The minimum absolute atomic E-state index is 0.0240. The first kappa shape index (κ1) is 25.3. The van der Waals surface area contributed by atoms with Gasteiger partial charge in [-0.25, -0.2) is 0 Å². The maximum atomic E-state index is 13.6. The highest BCUT2D eigenvalue weighted by Crippen LogP contribution is 2.34. The van der Waals surface area contributed by atoms with E-state index in [1.165, 1.54) is 4.88 Å². The molecule has 0 saturated heterocycles. The van der Waals surface area contributed by atoms with Gasteiger partial charge in [0.05, 0.1) is 19.0 Å². The maximum Gasteiger partial charge on any atom is 0.242 e. The first-order chi connectivity index (χ1) is 17.0. The highest BCUT2D eigenvalue weighted by molar-refractivity contribution is 7.10. The third kappa shape index (κ3) is 6.24. The quantitative estimate of drug-likeness (QED) is 0.371. The first-order valence-corrected chi connectivity index (χ1v) is 13.3. The summed E-state index contributed by atoms with van der Waals surface area (Å²) in [6.07, 6.45) is 1.91. The van der Waals surface area contributed by atoms with E-state index in [0.717, 1.165) is 35.3 Å².